The molecule has 0 fully saturated rings. The standard InChI is InChI=1S/C15H24N2O2/c1-3-17(11-5-4-10-16)15(18)12-19-14-8-6-13(2)7-9-14/h6-9H,3-5,10-12,16H2,1-2H3. The Hall–Kier alpha value is -1.55. The van der Waals surface area contributed by atoms with Gasteiger partial charge in [-0.15, -0.1) is 0 Å². The van der Waals surface area contributed by atoms with E-state index in [9.17, 15) is 4.79 Å². The highest BCUT2D eigenvalue weighted by molar-refractivity contribution is 5.77. The molecule has 0 atom stereocenters. The molecule has 0 aliphatic rings. The second kappa shape index (κ2) is 8.53. The van der Waals surface area contributed by atoms with E-state index in [-0.39, 0.29) is 12.5 Å². The molecular weight excluding hydrogens is 240 g/mol. The van der Waals surface area contributed by atoms with Gasteiger partial charge in [-0.25, -0.2) is 0 Å². The van der Waals surface area contributed by atoms with Gasteiger partial charge in [0.05, 0.1) is 0 Å². The molecule has 0 spiro atoms. The summed E-state index contributed by atoms with van der Waals surface area (Å²) in [5, 5.41) is 0. The second-order valence-corrected chi connectivity index (χ2v) is 4.57. The van der Waals surface area contributed by atoms with Gasteiger partial charge in [0.25, 0.3) is 5.91 Å². The molecular formula is C15H24N2O2. The van der Waals surface area contributed by atoms with Crippen LogP contribution in [0.4, 0.5) is 0 Å². The monoisotopic (exact) mass is 264 g/mol. The summed E-state index contributed by atoms with van der Waals surface area (Å²) in [5.41, 5.74) is 6.63. The number of benzene rings is 1. The van der Waals surface area contributed by atoms with Gasteiger partial charge in [0.2, 0.25) is 0 Å². The molecule has 0 saturated carbocycles. The highest BCUT2D eigenvalue weighted by atomic mass is 16.5. The maximum Gasteiger partial charge on any atom is 0.260 e. The zero-order valence-corrected chi connectivity index (χ0v) is 11.9. The molecule has 1 aromatic carbocycles. The van der Waals surface area contributed by atoms with Gasteiger partial charge in [0.15, 0.2) is 6.61 Å². The summed E-state index contributed by atoms with van der Waals surface area (Å²) in [4.78, 5) is 13.8. The summed E-state index contributed by atoms with van der Waals surface area (Å²) in [7, 11) is 0. The van der Waals surface area contributed by atoms with Gasteiger partial charge in [0.1, 0.15) is 5.75 Å². The minimum absolute atomic E-state index is 0.0279. The van der Waals surface area contributed by atoms with E-state index in [1.54, 1.807) is 0 Å². The number of ether oxygens (including phenoxy) is 1. The van der Waals surface area contributed by atoms with Crippen LogP contribution in [0.3, 0.4) is 0 Å². The minimum Gasteiger partial charge on any atom is -0.484 e. The maximum atomic E-state index is 12.0. The van der Waals surface area contributed by atoms with Gasteiger partial charge in [-0.3, -0.25) is 4.79 Å². The Morgan fingerprint density at radius 2 is 1.95 bits per heavy atom. The number of carbonyl (C=O) groups is 1. The summed E-state index contributed by atoms with van der Waals surface area (Å²) < 4.78 is 5.50. The fourth-order valence-electron chi connectivity index (χ4n) is 1.78. The number of nitrogens with zero attached hydrogens (tertiary/aromatic N) is 1. The largest absolute Gasteiger partial charge is 0.484 e. The summed E-state index contributed by atoms with van der Waals surface area (Å²) in [5.74, 6) is 0.761. The lowest BCUT2D eigenvalue weighted by Crippen LogP contribution is -2.35. The van der Waals surface area contributed by atoms with Crippen LogP contribution < -0.4 is 10.5 Å². The molecule has 0 aromatic heterocycles. The fourth-order valence-corrected chi connectivity index (χ4v) is 1.78. The van der Waals surface area contributed by atoms with E-state index in [1.807, 2.05) is 43.0 Å². The van der Waals surface area contributed by atoms with E-state index >= 15 is 0 Å². The summed E-state index contributed by atoms with van der Waals surface area (Å²) in [6, 6.07) is 7.71. The fraction of sp³-hybridized carbons (Fsp3) is 0.533. The maximum absolute atomic E-state index is 12.0. The number of hydrogen-bond acceptors (Lipinski definition) is 3. The van der Waals surface area contributed by atoms with Crippen LogP contribution in [0.2, 0.25) is 0 Å². The Labute approximate surface area is 115 Å². The van der Waals surface area contributed by atoms with Crippen molar-refractivity contribution in [3.63, 3.8) is 0 Å². The number of likely N-dealkylation sites (N-methyl/N-ethyl adjacent to an activating group) is 1. The smallest absolute Gasteiger partial charge is 0.260 e. The molecule has 2 N–H and O–H groups in total. The molecule has 0 aliphatic carbocycles. The van der Waals surface area contributed by atoms with Crippen molar-refractivity contribution in [1.29, 1.82) is 0 Å². The average molecular weight is 264 g/mol. The average Bonchev–Trinajstić information content (AvgIpc) is 2.43. The molecule has 0 radical (unpaired) electrons. The van der Waals surface area contributed by atoms with Gasteiger partial charge < -0.3 is 15.4 Å². The molecule has 1 aromatic rings. The van der Waals surface area contributed by atoms with Crippen molar-refractivity contribution < 1.29 is 9.53 Å². The number of aryl methyl sites for hydroxylation is 1. The molecule has 0 aliphatic heterocycles. The number of carbonyl (C=O) groups excluding carboxylic acids is 1. The van der Waals surface area contributed by atoms with E-state index in [0.29, 0.717) is 13.1 Å². The van der Waals surface area contributed by atoms with Crippen LogP contribution in [0.15, 0.2) is 24.3 Å². The van der Waals surface area contributed by atoms with E-state index in [0.717, 1.165) is 25.1 Å². The van der Waals surface area contributed by atoms with Crippen molar-refractivity contribution in [3.05, 3.63) is 29.8 Å². The normalized spacial score (nSPS) is 10.3. The summed E-state index contributed by atoms with van der Waals surface area (Å²) >= 11 is 0. The number of rotatable bonds is 8. The Balaban J connectivity index is 2.37. The molecule has 106 valence electrons. The summed E-state index contributed by atoms with van der Waals surface area (Å²) in [6.07, 6.45) is 1.89. The molecule has 19 heavy (non-hydrogen) atoms. The van der Waals surface area contributed by atoms with Crippen LogP contribution in [-0.4, -0.2) is 37.0 Å². The third kappa shape index (κ3) is 5.75. The number of nitrogens with two attached hydrogens (primary N) is 1. The highest BCUT2D eigenvalue weighted by Gasteiger charge is 2.11. The van der Waals surface area contributed by atoms with Crippen LogP contribution in [0.1, 0.15) is 25.3 Å². The topological polar surface area (TPSA) is 55.6 Å². The second-order valence-electron chi connectivity index (χ2n) is 4.57. The van der Waals surface area contributed by atoms with Crippen molar-refractivity contribution in [2.45, 2.75) is 26.7 Å². The van der Waals surface area contributed by atoms with Crippen LogP contribution in [0, 0.1) is 6.92 Å². The molecule has 0 unspecified atom stereocenters. The van der Waals surface area contributed by atoms with Gasteiger partial charge >= 0.3 is 0 Å². The van der Waals surface area contributed by atoms with E-state index in [1.165, 1.54) is 5.56 Å². The molecule has 4 heteroatoms. The molecule has 0 saturated heterocycles. The lowest BCUT2D eigenvalue weighted by atomic mass is 10.2. The van der Waals surface area contributed by atoms with Gasteiger partial charge in [-0.1, -0.05) is 17.7 Å². The van der Waals surface area contributed by atoms with Crippen LogP contribution in [-0.2, 0) is 4.79 Å². The van der Waals surface area contributed by atoms with Crippen LogP contribution in [0.5, 0.6) is 5.75 Å². The van der Waals surface area contributed by atoms with Gasteiger partial charge in [-0.2, -0.15) is 0 Å². The van der Waals surface area contributed by atoms with Crippen molar-refractivity contribution in [3.8, 4) is 5.75 Å². The molecule has 1 rings (SSSR count). The third-order valence-corrected chi connectivity index (χ3v) is 3.00. The van der Waals surface area contributed by atoms with Crippen molar-refractivity contribution in [1.82, 2.24) is 4.90 Å². The first-order valence-electron chi connectivity index (χ1n) is 6.84. The van der Waals surface area contributed by atoms with E-state index in [2.05, 4.69) is 0 Å². The Kier molecular flexibility index (Phi) is 6.97. The van der Waals surface area contributed by atoms with Gasteiger partial charge in [0, 0.05) is 13.1 Å². The lowest BCUT2D eigenvalue weighted by molar-refractivity contribution is -0.133. The highest BCUT2D eigenvalue weighted by Crippen LogP contribution is 2.11. The number of amides is 1. The van der Waals surface area contributed by atoms with Crippen LogP contribution >= 0.6 is 0 Å². The molecule has 0 bridgehead atoms. The zero-order valence-electron chi connectivity index (χ0n) is 11.9. The molecule has 1 amide bonds. The van der Waals surface area contributed by atoms with E-state index in [4.69, 9.17) is 10.5 Å². The predicted molar refractivity (Wildman–Crippen MR) is 77.2 cm³/mol. The third-order valence-electron chi connectivity index (χ3n) is 3.00. The first kappa shape index (κ1) is 15.5. The molecule has 0 heterocycles. The van der Waals surface area contributed by atoms with Gasteiger partial charge in [-0.05, 0) is 45.4 Å². The SMILES string of the molecule is CCN(CCCCN)C(=O)COc1ccc(C)cc1. The quantitative estimate of drug-likeness (QED) is 0.730. The van der Waals surface area contributed by atoms with Crippen molar-refractivity contribution >= 4 is 5.91 Å². The number of hydrogen-bond donors (Lipinski definition) is 1. The Morgan fingerprint density at radius 3 is 2.53 bits per heavy atom. The lowest BCUT2D eigenvalue weighted by Gasteiger charge is -2.20. The van der Waals surface area contributed by atoms with E-state index < -0.39 is 0 Å². The number of unbranched alkanes of at least 4 members (excludes halogenated alkanes) is 1. The van der Waals surface area contributed by atoms with Crippen molar-refractivity contribution in [2.24, 2.45) is 5.73 Å². The minimum atomic E-state index is 0.0279. The first-order chi connectivity index (χ1) is 9.17. The Bertz CT molecular complexity index is 376. The first-order valence-corrected chi connectivity index (χ1v) is 6.84. The predicted octanol–water partition coefficient (Wildman–Crippen LogP) is 1.96. The zero-order chi connectivity index (χ0) is 14.1. The molecule has 4 nitrogen and oxygen atoms in total. The van der Waals surface area contributed by atoms with Crippen molar-refractivity contribution in [2.75, 3.05) is 26.2 Å². The van der Waals surface area contributed by atoms with Crippen LogP contribution in [0.25, 0.3) is 0 Å². The summed E-state index contributed by atoms with van der Waals surface area (Å²) in [6.45, 7) is 6.23. The Morgan fingerprint density at radius 1 is 1.26 bits per heavy atom.